The minimum absolute atomic E-state index is 0.540. The zero-order valence-electron chi connectivity index (χ0n) is 20.1. The van der Waals surface area contributed by atoms with Crippen molar-refractivity contribution >= 4 is 5.96 Å². The highest BCUT2D eigenvalue weighted by atomic mass is 15.3. The fourth-order valence-electron chi connectivity index (χ4n) is 4.34. The van der Waals surface area contributed by atoms with Crippen LogP contribution in [0.4, 0.5) is 0 Å². The Labute approximate surface area is 183 Å². The van der Waals surface area contributed by atoms with Gasteiger partial charge in [0.15, 0.2) is 5.96 Å². The molecular formula is C22H44N8. The molecule has 2 N–H and O–H groups in total. The highest BCUT2D eigenvalue weighted by molar-refractivity contribution is 5.79. The van der Waals surface area contributed by atoms with Crippen molar-refractivity contribution in [3.8, 4) is 0 Å². The zero-order chi connectivity index (χ0) is 21.9. The summed E-state index contributed by atoms with van der Waals surface area (Å²) >= 11 is 0. The van der Waals surface area contributed by atoms with Crippen molar-refractivity contribution in [2.45, 2.75) is 85.5 Å². The van der Waals surface area contributed by atoms with Gasteiger partial charge in [-0.3, -0.25) is 14.8 Å². The molecule has 1 aliphatic heterocycles. The van der Waals surface area contributed by atoms with Crippen LogP contribution < -0.4 is 10.6 Å². The third-order valence-electron chi connectivity index (χ3n) is 6.01. The van der Waals surface area contributed by atoms with Crippen LogP contribution in [0.25, 0.3) is 0 Å². The van der Waals surface area contributed by atoms with Crippen molar-refractivity contribution in [1.29, 1.82) is 0 Å². The van der Waals surface area contributed by atoms with Crippen LogP contribution in [-0.2, 0) is 13.0 Å². The molecule has 1 atom stereocenters. The van der Waals surface area contributed by atoms with E-state index in [1.807, 2.05) is 6.33 Å². The first-order valence-corrected chi connectivity index (χ1v) is 11.8. The lowest BCUT2D eigenvalue weighted by molar-refractivity contribution is 0.178. The van der Waals surface area contributed by atoms with Gasteiger partial charge in [-0.05, 0) is 53.6 Å². The number of hydrogen-bond donors (Lipinski definition) is 2. The Balaban J connectivity index is 1.92. The normalized spacial score (nSPS) is 18.2. The SMILES string of the molecule is CCc1nncn1CCNC(=NCC1CCCN1CC)NCCN(C(C)C)C(C)C. The fraction of sp³-hybridized carbons (Fsp3) is 0.864. The van der Waals surface area contributed by atoms with Crippen molar-refractivity contribution in [3.05, 3.63) is 12.2 Å². The molecular weight excluding hydrogens is 376 g/mol. The summed E-state index contributed by atoms with van der Waals surface area (Å²) in [7, 11) is 0. The molecule has 8 nitrogen and oxygen atoms in total. The van der Waals surface area contributed by atoms with Gasteiger partial charge in [0, 0.05) is 50.7 Å². The van der Waals surface area contributed by atoms with Gasteiger partial charge in [-0.2, -0.15) is 0 Å². The number of aromatic nitrogens is 3. The van der Waals surface area contributed by atoms with Crippen LogP contribution in [0.3, 0.4) is 0 Å². The lowest BCUT2D eigenvalue weighted by atomic mass is 10.2. The Hall–Kier alpha value is -1.67. The molecule has 2 rings (SSSR count). The number of guanidine groups is 1. The predicted molar refractivity (Wildman–Crippen MR) is 125 cm³/mol. The van der Waals surface area contributed by atoms with E-state index in [0.717, 1.165) is 57.5 Å². The monoisotopic (exact) mass is 420 g/mol. The van der Waals surface area contributed by atoms with Gasteiger partial charge in [0.25, 0.3) is 0 Å². The van der Waals surface area contributed by atoms with Crippen molar-refractivity contribution in [3.63, 3.8) is 0 Å². The van der Waals surface area contributed by atoms with E-state index in [2.05, 4.69) is 76.7 Å². The summed E-state index contributed by atoms with van der Waals surface area (Å²) in [5, 5.41) is 15.3. The first-order chi connectivity index (χ1) is 14.5. The van der Waals surface area contributed by atoms with E-state index in [1.165, 1.54) is 19.4 Å². The van der Waals surface area contributed by atoms with E-state index in [9.17, 15) is 0 Å². The molecule has 1 aromatic rings. The summed E-state index contributed by atoms with van der Waals surface area (Å²) in [6.45, 7) is 20.1. The number of hydrogen-bond acceptors (Lipinski definition) is 5. The predicted octanol–water partition coefficient (Wildman–Crippen LogP) is 1.98. The smallest absolute Gasteiger partial charge is 0.191 e. The van der Waals surface area contributed by atoms with Gasteiger partial charge in [0.2, 0.25) is 0 Å². The van der Waals surface area contributed by atoms with Gasteiger partial charge in [0.1, 0.15) is 12.2 Å². The number of nitrogens with one attached hydrogen (secondary N) is 2. The molecule has 0 aliphatic carbocycles. The first kappa shape index (κ1) is 24.6. The average molecular weight is 421 g/mol. The van der Waals surface area contributed by atoms with E-state index < -0.39 is 0 Å². The summed E-state index contributed by atoms with van der Waals surface area (Å²) in [5.74, 6) is 1.94. The van der Waals surface area contributed by atoms with E-state index in [0.29, 0.717) is 18.1 Å². The number of rotatable bonds is 12. The Morgan fingerprint density at radius 1 is 1.20 bits per heavy atom. The molecule has 1 aromatic heterocycles. The lowest BCUT2D eigenvalue weighted by Crippen LogP contribution is -2.46. The van der Waals surface area contributed by atoms with Crippen LogP contribution in [-0.4, -0.2) is 87.9 Å². The maximum atomic E-state index is 4.95. The quantitative estimate of drug-likeness (QED) is 0.398. The molecule has 0 bridgehead atoms. The van der Waals surface area contributed by atoms with Crippen molar-refractivity contribution < 1.29 is 0 Å². The third-order valence-corrected chi connectivity index (χ3v) is 6.01. The molecule has 0 aromatic carbocycles. The van der Waals surface area contributed by atoms with Crippen LogP contribution in [0.1, 0.15) is 60.2 Å². The Kier molecular flexibility index (Phi) is 10.6. The molecule has 0 saturated carbocycles. The van der Waals surface area contributed by atoms with Gasteiger partial charge in [-0.25, -0.2) is 0 Å². The number of aliphatic imine (C=N–C) groups is 1. The maximum Gasteiger partial charge on any atom is 0.191 e. The standard InChI is InChI=1S/C22H44N8/c1-7-21-27-26-17-29(21)14-11-23-22(24-12-15-30(18(3)4)19(5)6)25-16-20-10-9-13-28(20)8-2/h17-20H,7-16H2,1-6H3,(H2,23,24,25). The lowest BCUT2D eigenvalue weighted by Gasteiger charge is -2.30. The number of likely N-dealkylation sites (tertiary alicyclic amines) is 1. The number of aryl methyl sites for hydroxylation is 1. The molecule has 0 amide bonds. The topological polar surface area (TPSA) is 73.6 Å². The molecule has 1 aliphatic rings. The number of likely N-dealkylation sites (N-methyl/N-ethyl adjacent to an activating group) is 1. The molecule has 172 valence electrons. The largest absolute Gasteiger partial charge is 0.355 e. The third kappa shape index (κ3) is 7.54. The summed E-state index contributed by atoms with van der Waals surface area (Å²) in [6, 6.07) is 1.65. The van der Waals surface area contributed by atoms with Crippen molar-refractivity contribution in [2.75, 3.05) is 39.3 Å². The molecule has 8 heteroatoms. The molecule has 0 spiro atoms. The minimum atomic E-state index is 0.540. The second-order valence-electron chi connectivity index (χ2n) is 8.69. The van der Waals surface area contributed by atoms with Crippen LogP contribution in [0, 0.1) is 0 Å². The van der Waals surface area contributed by atoms with Crippen molar-refractivity contribution in [2.24, 2.45) is 4.99 Å². The Morgan fingerprint density at radius 3 is 2.60 bits per heavy atom. The van der Waals surface area contributed by atoms with Crippen LogP contribution in [0.5, 0.6) is 0 Å². The van der Waals surface area contributed by atoms with E-state index in [4.69, 9.17) is 4.99 Å². The highest BCUT2D eigenvalue weighted by Crippen LogP contribution is 2.16. The van der Waals surface area contributed by atoms with Gasteiger partial charge >= 0.3 is 0 Å². The van der Waals surface area contributed by atoms with Crippen molar-refractivity contribution in [1.82, 2.24) is 35.2 Å². The fourth-order valence-corrected chi connectivity index (χ4v) is 4.34. The summed E-state index contributed by atoms with van der Waals surface area (Å²) in [4.78, 5) is 10.00. The van der Waals surface area contributed by atoms with E-state index >= 15 is 0 Å². The first-order valence-electron chi connectivity index (χ1n) is 11.8. The average Bonchev–Trinajstić information content (AvgIpc) is 3.36. The molecule has 1 unspecified atom stereocenters. The second kappa shape index (κ2) is 12.9. The van der Waals surface area contributed by atoms with Gasteiger partial charge in [-0.15, -0.1) is 10.2 Å². The molecule has 0 radical (unpaired) electrons. The minimum Gasteiger partial charge on any atom is -0.355 e. The Morgan fingerprint density at radius 2 is 1.93 bits per heavy atom. The maximum absolute atomic E-state index is 4.95. The van der Waals surface area contributed by atoms with E-state index in [-0.39, 0.29) is 0 Å². The Bertz CT molecular complexity index is 616. The highest BCUT2D eigenvalue weighted by Gasteiger charge is 2.22. The van der Waals surface area contributed by atoms with Gasteiger partial charge in [-0.1, -0.05) is 13.8 Å². The summed E-state index contributed by atoms with van der Waals surface area (Å²) < 4.78 is 2.11. The van der Waals surface area contributed by atoms with Crippen LogP contribution in [0.15, 0.2) is 11.3 Å². The zero-order valence-corrected chi connectivity index (χ0v) is 20.1. The molecule has 1 saturated heterocycles. The summed E-state index contributed by atoms with van der Waals surface area (Å²) in [6.07, 6.45) is 5.24. The van der Waals surface area contributed by atoms with Crippen LogP contribution in [0.2, 0.25) is 0 Å². The second-order valence-corrected chi connectivity index (χ2v) is 8.69. The molecule has 1 fully saturated rings. The van der Waals surface area contributed by atoms with Crippen LogP contribution >= 0.6 is 0 Å². The van der Waals surface area contributed by atoms with E-state index in [1.54, 1.807) is 0 Å². The van der Waals surface area contributed by atoms with Gasteiger partial charge in [0.05, 0.1) is 6.54 Å². The number of nitrogens with zero attached hydrogens (tertiary/aromatic N) is 6. The molecule has 30 heavy (non-hydrogen) atoms. The van der Waals surface area contributed by atoms with Gasteiger partial charge < -0.3 is 15.2 Å². The summed E-state index contributed by atoms with van der Waals surface area (Å²) in [5.41, 5.74) is 0. The molecule has 2 heterocycles.